The molecule has 0 bridgehead atoms. The summed E-state index contributed by atoms with van der Waals surface area (Å²) in [5.41, 5.74) is 0.943. The smallest absolute Gasteiger partial charge is 0.261 e. The average Bonchev–Trinajstić information content (AvgIpc) is 2.82. The predicted molar refractivity (Wildman–Crippen MR) is 124 cm³/mol. The fraction of sp³-hybridized carbons (Fsp3) is 0.440. The van der Waals surface area contributed by atoms with Crippen molar-refractivity contribution >= 4 is 11.8 Å². The minimum atomic E-state index is -0.597. The lowest BCUT2D eigenvalue weighted by Crippen LogP contribution is -2.51. The lowest BCUT2D eigenvalue weighted by Gasteiger charge is -2.31. The number of nitrogens with zero attached hydrogens (tertiary/aromatic N) is 1. The van der Waals surface area contributed by atoms with Crippen LogP contribution < -0.4 is 19.5 Å². The zero-order valence-corrected chi connectivity index (χ0v) is 19.6. The van der Waals surface area contributed by atoms with Crippen LogP contribution in [0.4, 0.5) is 0 Å². The Balaban J connectivity index is 2.22. The van der Waals surface area contributed by atoms with Gasteiger partial charge in [0.1, 0.15) is 23.3 Å². The fourth-order valence-corrected chi connectivity index (χ4v) is 3.23. The molecular weight excluding hydrogens is 408 g/mol. The quantitative estimate of drug-likeness (QED) is 0.541. The molecule has 32 heavy (non-hydrogen) atoms. The van der Waals surface area contributed by atoms with Gasteiger partial charge in [0, 0.05) is 30.8 Å². The highest BCUT2D eigenvalue weighted by atomic mass is 16.5. The van der Waals surface area contributed by atoms with Gasteiger partial charge in [0.05, 0.1) is 14.2 Å². The van der Waals surface area contributed by atoms with E-state index in [4.69, 9.17) is 14.2 Å². The van der Waals surface area contributed by atoms with Crippen molar-refractivity contribution < 1.29 is 23.8 Å². The van der Waals surface area contributed by atoms with Gasteiger partial charge >= 0.3 is 0 Å². The van der Waals surface area contributed by atoms with Crippen LogP contribution in [0.25, 0.3) is 0 Å². The Kier molecular flexibility index (Phi) is 9.85. The van der Waals surface area contributed by atoms with Gasteiger partial charge in [-0.2, -0.15) is 0 Å². The van der Waals surface area contributed by atoms with Crippen LogP contribution in [-0.2, 0) is 16.1 Å². The zero-order chi connectivity index (χ0) is 23.5. The van der Waals surface area contributed by atoms with Gasteiger partial charge in [0.25, 0.3) is 5.91 Å². The molecule has 2 amide bonds. The topological polar surface area (TPSA) is 77.1 Å². The Labute approximate surface area is 190 Å². The molecule has 2 rings (SSSR count). The van der Waals surface area contributed by atoms with Crippen molar-refractivity contribution in [3.05, 3.63) is 54.1 Å². The van der Waals surface area contributed by atoms with E-state index in [0.717, 1.165) is 12.0 Å². The number of rotatable bonds is 12. The number of methoxy groups -OCH3 is 2. The number of ether oxygens (including phenoxy) is 3. The Bertz CT molecular complexity index is 850. The summed E-state index contributed by atoms with van der Waals surface area (Å²) in [4.78, 5) is 27.8. The number of benzene rings is 2. The number of carbonyl (C=O) groups is 2. The third kappa shape index (κ3) is 7.18. The van der Waals surface area contributed by atoms with Crippen LogP contribution in [0.15, 0.2) is 48.5 Å². The van der Waals surface area contributed by atoms with Gasteiger partial charge in [-0.25, -0.2) is 0 Å². The van der Waals surface area contributed by atoms with E-state index in [2.05, 4.69) is 5.32 Å². The second-order valence-electron chi connectivity index (χ2n) is 7.59. The maximum Gasteiger partial charge on any atom is 0.261 e. The molecule has 0 saturated heterocycles. The lowest BCUT2D eigenvalue weighted by molar-refractivity contribution is -0.143. The summed E-state index contributed by atoms with van der Waals surface area (Å²) in [5, 5.41) is 3.00. The molecule has 0 fully saturated rings. The molecule has 174 valence electrons. The van der Waals surface area contributed by atoms with Crippen molar-refractivity contribution in [2.24, 2.45) is 0 Å². The van der Waals surface area contributed by atoms with Crippen LogP contribution in [-0.4, -0.2) is 49.6 Å². The molecule has 2 atom stereocenters. The van der Waals surface area contributed by atoms with Crippen molar-refractivity contribution in [2.75, 3.05) is 20.8 Å². The number of amides is 2. The molecule has 1 N–H and O–H groups in total. The van der Waals surface area contributed by atoms with Crippen molar-refractivity contribution in [3.63, 3.8) is 0 Å². The molecule has 0 aliphatic rings. The molecule has 2 aromatic carbocycles. The second kappa shape index (κ2) is 12.6. The highest BCUT2D eigenvalue weighted by molar-refractivity contribution is 5.88. The molecule has 0 saturated carbocycles. The summed E-state index contributed by atoms with van der Waals surface area (Å²) in [5.74, 6) is 1.14. The van der Waals surface area contributed by atoms with E-state index in [1.54, 1.807) is 37.3 Å². The van der Waals surface area contributed by atoms with Gasteiger partial charge < -0.3 is 24.4 Å². The first-order valence-electron chi connectivity index (χ1n) is 10.9. The van der Waals surface area contributed by atoms with E-state index >= 15 is 0 Å². The van der Waals surface area contributed by atoms with Gasteiger partial charge in [-0.3, -0.25) is 9.59 Å². The second-order valence-corrected chi connectivity index (χ2v) is 7.59. The fourth-order valence-electron chi connectivity index (χ4n) is 3.23. The first-order valence-corrected chi connectivity index (χ1v) is 10.9. The van der Waals surface area contributed by atoms with Gasteiger partial charge in [0.15, 0.2) is 6.61 Å². The Morgan fingerprint density at radius 3 is 2.06 bits per heavy atom. The molecule has 7 heteroatoms. The van der Waals surface area contributed by atoms with Crippen molar-refractivity contribution in [1.82, 2.24) is 10.2 Å². The largest absolute Gasteiger partial charge is 0.496 e. The highest BCUT2D eigenvalue weighted by Crippen LogP contribution is 2.27. The van der Waals surface area contributed by atoms with Crippen LogP contribution in [0.1, 0.15) is 39.2 Å². The molecule has 0 heterocycles. The lowest BCUT2D eigenvalue weighted by atomic mass is 10.1. The number of nitrogens with one attached hydrogen (secondary N) is 1. The normalized spacial score (nSPS) is 12.4. The third-order valence-electron chi connectivity index (χ3n) is 5.27. The summed E-state index contributed by atoms with van der Waals surface area (Å²) in [6.45, 7) is 5.97. The summed E-state index contributed by atoms with van der Waals surface area (Å²) in [7, 11) is 3.10. The Morgan fingerprint density at radius 1 is 0.938 bits per heavy atom. The Morgan fingerprint density at radius 2 is 1.53 bits per heavy atom. The van der Waals surface area contributed by atoms with E-state index in [9.17, 15) is 9.59 Å². The van der Waals surface area contributed by atoms with Crippen LogP contribution in [0.2, 0.25) is 0 Å². The maximum absolute atomic E-state index is 13.2. The van der Waals surface area contributed by atoms with Crippen molar-refractivity contribution in [1.29, 1.82) is 0 Å². The number of hydrogen-bond acceptors (Lipinski definition) is 5. The zero-order valence-electron chi connectivity index (χ0n) is 19.6. The Hall–Kier alpha value is -3.22. The summed E-state index contributed by atoms with van der Waals surface area (Å²) < 4.78 is 16.3. The van der Waals surface area contributed by atoms with E-state index < -0.39 is 6.04 Å². The standard InChI is InChI=1S/C25H34N2O5/c1-6-18(3)26-25(29)23(7-2)27(16-19-11-9-8-10-12-19)24(28)17-32-22-14-20(30-4)13-21(15-22)31-5/h8-15,18,23H,6-7,16-17H2,1-5H3,(H,26,29)/t18-,23-/m1/s1. The molecule has 0 aromatic heterocycles. The van der Waals surface area contributed by atoms with Crippen LogP contribution in [0.3, 0.4) is 0 Å². The van der Waals surface area contributed by atoms with Crippen LogP contribution in [0.5, 0.6) is 17.2 Å². The minimum absolute atomic E-state index is 0.0331. The van der Waals surface area contributed by atoms with Gasteiger partial charge in [-0.15, -0.1) is 0 Å². The minimum Gasteiger partial charge on any atom is -0.496 e. The monoisotopic (exact) mass is 442 g/mol. The van der Waals surface area contributed by atoms with E-state index in [1.807, 2.05) is 51.1 Å². The van der Waals surface area contributed by atoms with E-state index in [0.29, 0.717) is 30.2 Å². The summed E-state index contributed by atoms with van der Waals surface area (Å²) in [6, 6.07) is 14.2. The molecule has 0 spiro atoms. The molecule has 0 aliphatic heterocycles. The van der Waals surface area contributed by atoms with Crippen LogP contribution in [0, 0.1) is 0 Å². The van der Waals surface area contributed by atoms with Crippen LogP contribution >= 0.6 is 0 Å². The van der Waals surface area contributed by atoms with Gasteiger partial charge in [0.2, 0.25) is 5.91 Å². The third-order valence-corrected chi connectivity index (χ3v) is 5.27. The van der Waals surface area contributed by atoms with Crippen molar-refractivity contribution in [3.8, 4) is 17.2 Å². The molecule has 7 nitrogen and oxygen atoms in total. The van der Waals surface area contributed by atoms with E-state index in [-0.39, 0.29) is 24.5 Å². The number of hydrogen-bond donors (Lipinski definition) is 1. The molecule has 0 aliphatic carbocycles. The molecular formula is C25H34N2O5. The molecule has 0 radical (unpaired) electrons. The molecule has 0 unspecified atom stereocenters. The SMILES string of the molecule is CC[C@@H](C)NC(=O)[C@@H](CC)N(Cc1ccccc1)C(=O)COc1cc(OC)cc(OC)c1. The number of carbonyl (C=O) groups excluding carboxylic acids is 2. The molecule has 2 aromatic rings. The highest BCUT2D eigenvalue weighted by Gasteiger charge is 2.29. The first-order chi connectivity index (χ1) is 15.4. The van der Waals surface area contributed by atoms with E-state index in [1.165, 1.54) is 0 Å². The van der Waals surface area contributed by atoms with Gasteiger partial charge in [-0.05, 0) is 25.3 Å². The summed E-state index contributed by atoms with van der Waals surface area (Å²) >= 11 is 0. The maximum atomic E-state index is 13.2. The summed E-state index contributed by atoms with van der Waals surface area (Å²) in [6.07, 6.45) is 1.31. The van der Waals surface area contributed by atoms with Gasteiger partial charge in [-0.1, -0.05) is 44.2 Å². The first kappa shape index (κ1) is 25.0. The van der Waals surface area contributed by atoms with Crippen molar-refractivity contribution in [2.45, 2.75) is 52.2 Å². The predicted octanol–water partition coefficient (Wildman–Crippen LogP) is 3.80. The average molecular weight is 443 g/mol.